The van der Waals surface area contributed by atoms with E-state index in [-0.39, 0.29) is 17.4 Å². The predicted octanol–water partition coefficient (Wildman–Crippen LogP) is 3.78. The van der Waals surface area contributed by atoms with Crippen LogP contribution in [-0.2, 0) is 16.0 Å². The summed E-state index contributed by atoms with van der Waals surface area (Å²) in [6, 6.07) is 12.3. The van der Waals surface area contributed by atoms with Crippen molar-refractivity contribution >= 4 is 40.1 Å². The molecule has 9 heteroatoms. The topological polar surface area (TPSA) is 107 Å². The van der Waals surface area contributed by atoms with Crippen LogP contribution in [-0.4, -0.2) is 48.8 Å². The molecule has 5 rings (SSSR count). The monoisotopic (exact) mass is 469 g/mol. The van der Waals surface area contributed by atoms with Crippen LogP contribution in [0.1, 0.15) is 39.3 Å². The first kappa shape index (κ1) is 21.9. The van der Waals surface area contributed by atoms with Gasteiger partial charge in [0.25, 0.3) is 11.8 Å². The number of hydrogen-bond acceptors (Lipinski definition) is 6. The largest absolute Gasteiger partial charge is 0.449 e. The summed E-state index contributed by atoms with van der Waals surface area (Å²) in [5.41, 5.74) is 7.57. The Morgan fingerprint density at radius 2 is 1.85 bits per heavy atom. The molecule has 2 saturated heterocycles. The van der Waals surface area contributed by atoms with Gasteiger partial charge in [-0.15, -0.1) is 0 Å². The normalized spacial score (nSPS) is 18.1. The Bertz CT molecular complexity index is 1210. The molecule has 0 unspecified atom stereocenters. The molecule has 2 fully saturated rings. The van der Waals surface area contributed by atoms with Crippen LogP contribution in [0.4, 0.5) is 5.69 Å². The Labute approximate surface area is 195 Å². The first-order valence-corrected chi connectivity index (χ1v) is 11.2. The standard InChI is InChI=1S/C24H24ClN3O5/c25-17-4-5-18-19(13-17)33-21(22(26)29)20(18)27-23(30)16-3-1-2-15(12-16)14-28-8-6-24(7-9-28)31-10-11-32-24/h1-5,12-13H,6-11,14H2,(H2,26,29)(H,27,30). The molecule has 2 amide bonds. The number of nitrogens with one attached hydrogen (secondary N) is 1. The molecule has 2 aliphatic heterocycles. The second kappa shape index (κ2) is 8.79. The Morgan fingerprint density at radius 1 is 1.09 bits per heavy atom. The molecule has 2 aliphatic rings. The van der Waals surface area contributed by atoms with Gasteiger partial charge in [-0.1, -0.05) is 23.7 Å². The van der Waals surface area contributed by atoms with Crippen molar-refractivity contribution in [2.45, 2.75) is 25.2 Å². The van der Waals surface area contributed by atoms with Gasteiger partial charge in [-0.3, -0.25) is 14.5 Å². The third kappa shape index (κ3) is 4.47. The number of hydrogen-bond donors (Lipinski definition) is 2. The highest BCUT2D eigenvalue weighted by atomic mass is 35.5. The second-order valence-electron chi connectivity index (χ2n) is 8.35. The number of carbonyl (C=O) groups is 2. The summed E-state index contributed by atoms with van der Waals surface area (Å²) in [6.07, 6.45) is 1.67. The van der Waals surface area contributed by atoms with E-state index in [1.54, 1.807) is 24.3 Å². The number of nitrogens with two attached hydrogens (primary N) is 1. The lowest BCUT2D eigenvalue weighted by Crippen LogP contribution is -2.44. The Kier molecular flexibility index (Phi) is 5.84. The molecule has 1 spiro atoms. The number of piperidine rings is 1. The Balaban J connectivity index is 1.31. The van der Waals surface area contributed by atoms with Gasteiger partial charge < -0.3 is 24.9 Å². The van der Waals surface area contributed by atoms with E-state index in [9.17, 15) is 9.59 Å². The molecule has 0 radical (unpaired) electrons. The molecule has 2 aromatic carbocycles. The number of ether oxygens (including phenoxy) is 2. The van der Waals surface area contributed by atoms with Gasteiger partial charge in [0, 0.05) is 54.5 Å². The number of furan rings is 1. The summed E-state index contributed by atoms with van der Waals surface area (Å²) in [5.74, 6) is -1.66. The van der Waals surface area contributed by atoms with E-state index in [4.69, 9.17) is 31.2 Å². The average Bonchev–Trinajstić information content (AvgIpc) is 3.40. The molecule has 1 aromatic heterocycles. The van der Waals surface area contributed by atoms with Crippen LogP contribution in [0.25, 0.3) is 11.0 Å². The maximum Gasteiger partial charge on any atom is 0.286 e. The van der Waals surface area contributed by atoms with Gasteiger partial charge in [0.15, 0.2) is 5.79 Å². The minimum atomic E-state index is -0.774. The molecule has 3 aromatic rings. The summed E-state index contributed by atoms with van der Waals surface area (Å²) in [5, 5.41) is 3.79. The number of benzene rings is 2. The third-order valence-corrected chi connectivity index (χ3v) is 6.38. The zero-order chi connectivity index (χ0) is 23.0. The predicted molar refractivity (Wildman–Crippen MR) is 123 cm³/mol. The van der Waals surface area contributed by atoms with Gasteiger partial charge in [-0.25, -0.2) is 0 Å². The fourth-order valence-corrected chi connectivity index (χ4v) is 4.62. The highest BCUT2D eigenvalue weighted by molar-refractivity contribution is 6.31. The van der Waals surface area contributed by atoms with E-state index < -0.39 is 11.7 Å². The van der Waals surface area contributed by atoms with Gasteiger partial charge in [-0.2, -0.15) is 0 Å². The van der Waals surface area contributed by atoms with Gasteiger partial charge >= 0.3 is 0 Å². The van der Waals surface area contributed by atoms with Crippen molar-refractivity contribution < 1.29 is 23.5 Å². The van der Waals surface area contributed by atoms with Crippen LogP contribution in [0, 0.1) is 0 Å². The molecule has 172 valence electrons. The van der Waals surface area contributed by atoms with E-state index in [0.717, 1.165) is 38.0 Å². The molecule has 8 nitrogen and oxygen atoms in total. The van der Waals surface area contributed by atoms with Crippen LogP contribution in [0.15, 0.2) is 46.9 Å². The van der Waals surface area contributed by atoms with E-state index in [1.807, 2.05) is 18.2 Å². The molecular weight excluding hydrogens is 446 g/mol. The van der Waals surface area contributed by atoms with Crippen molar-refractivity contribution in [1.29, 1.82) is 0 Å². The molecule has 0 bridgehead atoms. The molecule has 0 aliphatic carbocycles. The summed E-state index contributed by atoms with van der Waals surface area (Å²) in [4.78, 5) is 27.2. The summed E-state index contributed by atoms with van der Waals surface area (Å²) in [6.45, 7) is 3.77. The van der Waals surface area contributed by atoms with Gasteiger partial charge in [0.1, 0.15) is 11.3 Å². The summed E-state index contributed by atoms with van der Waals surface area (Å²) >= 11 is 6.01. The molecule has 3 N–H and O–H groups in total. The number of fused-ring (bicyclic) bond motifs is 1. The fourth-order valence-electron chi connectivity index (χ4n) is 4.46. The molecular formula is C24H24ClN3O5. The smallest absolute Gasteiger partial charge is 0.286 e. The van der Waals surface area contributed by atoms with Crippen LogP contribution >= 0.6 is 11.6 Å². The summed E-state index contributed by atoms with van der Waals surface area (Å²) in [7, 11) is 0. The Hall–Kier alpha value is -2.91. The lowest BCUT2D eigenvalue weighted by molar-refractivity contribution is -0.185. The minimum Gasteiger partial charge on any atom is -0.449 e. The van der Waals surface area contributed by atoms with Crippen molar-refractivity contribution in [2.24, 2.45) is 5.73 Å². The van der Waals surface area contributed by atoms with E-state index in [1.165, 1.54) is 0 Å². The number of halogens is 1. The van der Waals surface area contributed by atoms with Gasteiger partial charge in [0.2, 0.25) is 5.76 Å². The van der Waals surface area contributed by atoms with E-state index in [2.05, 4.69) is 10.2 Å². The maximum absolute atomic E-state index is 13.0. The van der Waals surface area contributed by atoms with Crippen LogP contribution in [0.2, 0.25) is 5.02 Å². The lowest BCUT2D eigenvalue weighted by Gasteiger charge is -2.37. The first-order chi connectivity index (χ1) is 15.9. The van der Waals surface area contributed by atoms with Gasteiger partial charge in [0.05, 0.1) is 13.2 Å². The number of rotatable bonds is 5. The van der Waals surface area contributed by atoms with Gasteiger partial charge in [-0.05, 0) is 29.8 Å². The van der Waals surface area contributed by atoms with Crippen LogP contribution in [0.3, 0.4) is 0 Å². The Morgan fingerprint density at radius 3 is 2.58 bits per heavy atom. The average molecular weight is 470 g/mol. The van der Waals surface area contributed by atoms with Crippen molar-refractivity contribution in [3.05, 3.63) is 64.4 Å². The van der Waals surface area contributed by atoms with Crippen molar-refractivity contribution in [2.75, 3.05) is 31.6 Å². The minimum absolute atomic E-state index is 0.115. The molecule has 0 saturated carbocycles. The highest BCUT2D eigenvalue weighted by Gasteiger charge is 2.39. The van der Waals surface area contributed by atoms with Crippen LogP contribution in [0.5, 0.6) is 0 Å². The number of primary amides is 1. The van der Waals surface area contributed by atoms with Crippen molar-refractivity contribution in [3.8, 4) is 0 Å². The van der Waals surface area contributed by atoms with Crippen LogP contribution < -0.4 is 11.1 Å². The number of nitrogens with zero attached hydrogens (tertiary/aromatic N) is 1. The zero-order valence-corrected chi connectivity index (χ0v) is 18.7. The molecule has 3 heterocycles. The number of amides is 2. The fraction of sp³-hybridized carbons (Fsp3) is 0.333. The maximum atomic E-state index is 13.0. The lowest BCUT2D eigenvalue weighted by atomic mass is 10.0. The molecule has 0 atom stereocenters. The first-order valence-electron chi connectivity index (χ1n) is 10.8. The zero-order valence-electron chi connectivity index (χ0n) is 17.9. The SMILES string of the molecule is NC(=O)c1oc2cc(Cl)ccc2c1NC(=O)c1cccc(CN2CCC3(CC2)OCCO3)c1. The third-order valence-electron chi connectivity index (χ3n) is 6.14. The number of likely N-dealkylation sites (tertiary alicyclic amines) is 1. The summed E-state index contributed by atoms with van der Waals surface area (Å²) < 4.78 is 17.1. The molecule has 33 heavy (non-hydrogen) atoms. The number of anilines is 1. The highest BCUT2D eigenvalue weighted by Crippen LogP contribution is 2.33. The van der Waals surface area contributed by atoms with E-state index >= 15 is 0 Å². The van der Waals surface area contributed by atoms with E-state index in [0.29, 0.717) is 34.8 Å². The van der Waals surface area contributed by atoms with Crippen molar-refractivity contribution in [3.63, 3.8) is 0 Å². The quantitative estimate of drug-likeness (QED) is 0.589. The number of carbonyl (C=O) groups excluding carboxylic acids is 2. The second-order valence-corrected chi connectivity index (χ2v) is 8.79. The van der Waals surface area contributed by atoms with Crippen molar-refractivity contribution in [1.82, 2.24) is 4.90 Å².